The molecule has 0 spiro atoms. The summed E-state index contributed by atoms with van der Waals surface area (Å²) in [5.41, 5.74) is 10.8. The van der Waals surface area contributed by atoms with Gasteiger partial charge in [0.15, 0.2) is 0 Å². The van der Waals surface area contributed by atoms with Gasteiger partial charge in [0.25, 0.3) is 0 Å². The van der Waals surface area contributed by atoms with Crippen LogP contribution in [0, 0.1) is 0 Å². The molecule has 0 radical (unpaired) electrons. The minimum absolute atomic E-state index is 0.894. The van der Waals surface area contributed by atoms with Gasteiger partial charge < -0.3 is 13.9 Å². The van der Waals surface area contributed by atoms with Crippen molar-refractivity contribution >= 4 is 71.6 Å². The Bertz CT molecular complexity index is 2800. The van der Waals surface area contributed by atoms with Crippen LogP contribution in [-0.4, -0.2) is 4.57 Å². The second-order valence-corrected chi connectivity index (χ2v) is 12.5. The molecule has 0 N–H and O–H groups in total. The van der Waals surface area contributed by atoms with Gasteiger partial charge in [0, 0.05) is 32.5 Å². The molecule has 230 valence electrons. The second kappa shape index (κ2) is 11.0. The van der Waals surface area contributed by atoms with E-state index in [1.807, 2.05) is 12.1 Å². The second-order valence-electron chi connectivity index (χ2n) is 12.5. The van der Waals surface area contributed by atoms with Gasteiger partial charge in [-0.2, -0.15) is 0 Å². The quantitative estimate of drug-likeness (QED) is 0.190. The van der Waals surface area contributed by atoms with Crippen LogP contribution < -0.4 is 4.90 Å². The highest BCUT2D eigenvalue weighted by atomic mass is 16.3. The molecule has 3 heteroatoms. The van der Waals surface area contributed by atoms with Crippen molar-refractivity contribution < 1.29 is 4.42 Å². The highest BCUT2D eigenvalue weighted by Crippen LogP contribution is 2.47. The number of hydrogen-bond donors (Lipinski definition) is 0. The van der Waals surface area contributed by atoms with Gasteiger partial charge in [-0.25, -0.2) is 0 Å². The van der Waals surface area contributed by atoms with Crippen molar-refractivity contribution in [2.75, 3.05) is 4.90 Å². The fourth-order valence-corrected chi connectivity index (χ4v) is 7.62. The van der Waals surface area contributed by atoms with Crippen molar-refractivity contribution in [1.82, 2.24) is 4.57 Å². The number of furan rings is 1. The Labute approximate surface area is 283 Å². The van der Waals surface area contributed by atoms with E-state index in [1.54, 1.807) is 0 Å². The summed E-state index contributed by atoms with van der Waals surface area (Å²) in [6.45, 7) is 0. The van der Waals surface area contributed by atoms with E-state index in [-0.39, 0.29) is 0 Å². The molecule has 0 aliphatic rings. The van der Waals surface area contributed by atoms with E-state index in [0.717, 1.165) is 55.8 Å². The zero-order chi connectivity index (χ0) is 32.3. The third-order valence-electron chi connectivity index (χ3n) is 9.78. The predicted molar refractivity (Wildman–Crippen MR) is 206 cm³/mol. The van der Waals surface area contributed by atoms with E-state index in [2.05, 4.69) is 179 Å². The van der Waals surface area contributed by atoms with Crippen molar-refractivity contribution in [1.29, 1.82) is 0 Å². The Morgan fingerprint density at radius 3 is 1.78 bits per heavy atom. The molecule has 0 saturated carbocycles. The first-order valence-electron chi connectivity index (χ1n) is 16.7. The SMILES string of the molecule is c1ccc(N(c2ccccc2-n2c3ccccc3c3ccccc32)c2cccc3ccccc23)c(-c2ccc3oc4ccccc4c3c2)c1. The van der Waals surface area contributed by atoms with Gasteiger partial charge in [0.05, 0.1) is 33.8 Å². The Kier molecular flexibility index (Phi) is 6.18. The molecule has 0 atom stereocenters. The summed E-state index contributed by atoms with van der Waals surface area (Å²) in [6.07, 6.45) is 0. The molecule has 2 aromatic heterocycles. The molecule has 0 bridgehead atoms. The molecule has 3 nitrogen and oxygen atoms in total. The van der Waals surface area contributed by atoms with Gasteiger partial charge in [-0.05, 0) is 65.5 Å². The molecule has 0 aliphatic heterocycles. The number of fused-ring (bicyclic) bond motifs is 7. The van der Waals surface area contributed by atoms with Gasteiger partial charge in [-0.15, -0.1) is 0 Å². The number of aromatic nitrogens is 1. The van der Waals surface area contributed by atoms with E-state index in [0.29, 0.717) is 0 Å². The summed E-state index contributed by atoms with van der Waals surface area (Å²) in [6, 6.07) is 65.1. The maximum Gasteiger partial charge on any atom is 0.135 e. The monoisotopic (exact) mass is 626 g/mol. The van der Waals surface area contributed by atoms with Crippen LogP contribution in [0.25, 0.3) is 71.3 Å². The van der Waals surface area contributed by atoms with Gasteiger partial charge in [-0.3, -0.25) is 0 Å². The molecule has 2 heterocycles. The van der Waals surface area contributed by atoms with Crippen LogP contribution in [0.2, 0.25) is 0 Å². The van der Waals surface area contributed by atoms with Crippen molar-refractivity contribution in [3.05, 3.63) is 182 Å². The van der Waals surface area contributed by atoms with E-state index >= 15 is 0 Å². The molecule has 0 aliphatic carbocycles. The van der Waals surface area contributed by atoms with Crippen molar-refractivity contribution in [2.24, 2.45) is 0 Å². The third kappa shape index (κ3) is 4.29. The zero-order valence-electron chi connectivity index (χ0n) is 26.6. The summed E-state index contributed by atoms with van der Waals surface area (Å²) < 4.78 is 8.64. The molecule has 0 amide bonds. The van der Waals surface area contributed by atoms with Crippen LogP contribution in [0.3, 0.4) is 0 Å². The number of para-hydroxylation sites is 6. The van der Waals surface area contributed by atoms with Gasteiger partial charge in [-0.1, -0.05) is 127 Å². The Hall–Kier alpha value is -6.58. The van der Waals surface area contributed by atoms with E-state index in [9.17, 15) is 0 Å². The number of nitrogens with zero attached hydrogens (tertiary/aromatic N) is 2. The van der Waals surface area contributed by atoms with Crippen molar-refractivity contribution in [2.45, 2.75) is 0 Å². The summed E-state index contributed by atoms with van der Waals surface area (Å²) in [4.78, 5) is 2.45. The lowest BCUT2D eigenvalue weighted by Gasteiger charge is -2.31. The third-order valence-corrected chi connectivity index (χ3v) is 9.78. The first-order chi connectivity index (χ1) is 24.3. The number of rotatable bonds is 5. The minimum atomic E-state index is 0.894. The number of hydrogen-bond acceptors (Lipinski definition) is 2. The summed E-state index contributed by atoms with van der Waals surface area (Å²) in [7, 11) is 0. The number of benzene rings is 8. The van der Waals surface area contributed by atoms with Crippen molar-refractivity contribution in [3.63, 3.8) is 0 Å². The van der Waals surface area contributed by atoms with Gasteiger partial charge in [0.2, 0.25) is 0 Å². The average Bonchev–Trinajstić information content (AvgIpc) is 3.71. The molecule has 0 saturated heterocycles. The summed E-state index contributed by atoms with van der Waals surface area (Å²) in [5.74, 6) is 0. The lowest BCUT2D eigenvalue weighted by Crippen LogP contribution is -2.14. The molecular weight excluding hydrogens is 597 g/mol. The smallest absolute Gasteiger partial charge is 0.135 e. The highest BCUT2D eigenvalue weighted by Gasteiger charge is 2.24. The van der Waals surface area contributed by atoms with Crippen LogP contribution in [-0.2, 0) is 0 Å². The standard InChI is InChI=1S/C46H30N2O/c1-2-16-33-31(14-1)15-13-26-40(33)47(39-21-7-3-17-34(39)32-28-29-46-38(30-32)37-20-6-12-27-45(37)49-46)43-24-10-11-25-44(43)48-41-22-8-4-18-35(41)36-19-5-9-23-42(36)48/h1-30H. The Morgan fingerprint density at radius 2 is 0.959 bits per heavy atom. The van der Waals surface area contributed by atoms with E-state index < -0.39 is 0 Å². The van der Waals surface area contributed by atoms with E-state index in [1.165, 1.54) is 32.6 Å². The first kappa shape index (κ1) is 27.5. The average molecular weight is 627 g/mol. The van der Waals surface area contributed by atoms with Gasteiger partial charge >= 0.3 is 0 Å². The zero-order valence-corrected chi connectivity index (χ0v) is 26.6. The van der Waals surface area contributed by atoms with Crippen LogP contribution in [0.5, 0.6) is 0 Å². The van der Waals surface area contributed by atoms with Crippen LogP contribution >= 0.6 is 0 Å². The maximum absolute atomic E-state index is 6.22. The van der Waals surface area contributed by atoms with E-state index in [4.69, 9.17) is 4.42 Å². The summed E-state index contributed by atoms with van der Waals surface area (Å²) >= 11 is 0. The molecular formula is C46H30N2O. The fourth-order valence-electron chi connectivity index (χ4n) is 7.62. The first-order valence-corrected chi connectivity index (χ1v) is 16.7. The molecule has 8 aromatic carbocycles. The predicted octanol–water partition coefficient (Wildman–Crippen LogP) is 13.0. The van der Waals surface area contributed by atoms with Crippen LogP contribution in [0.4, 0.5) is 17.1 Å². The highest BCUT2D eigenvalue weighted by molar-refractivity contribution is 6.11. The van der Waals surface area contributed by atoms with Gasteiger partial charge in [0.1, 0.15) is 11.2 Å². The topological polar surface area (TPSA) is 21.3 Å². The largest absolute Gasteiger partial charge is 0.456 e. The number of anilines is 3. The van der Waals surface area contributed by atoms with Crippen LogP contribution in [0.15, 0.2) is 186 Å². The van der Waals surface area contributed by atoms with Crippen molar-refractivity contribution in [3.8, 4) is 16.8 Å². The molecule has 49 heavy (non-hydrogen) atoms. The normalized spacial score (nSPS) is 11.7. The lowest BCUT2D eigenvalue weighted by molar-refractivity contribution is 0.669. The summed E-state index contributed by atoms with van der Waals surface area (Å²) in [5, 5.41) is 7.11. The molecule has 0 fully saturated rings. The lowest BCUT2D eigenvalue weighted by atomic mass is 9.98. The molecule has 0 unspecified atom stereocenters. The Morgan fingerprint density at radius 1 is 0.388 bits per heavy atom. The maximum atomic E-state index is 6.22. The Balaban J connectivity index is 1.28. The molecule has 10 rings (SSSR count). The fraction of sp³-hybridized carbons (Fsp3) is 0. The molecule has 10 aromatic rings. The minimum Gasteiger partial charge on any atom is -0.456 e. The van der Waals surface area contributed by atoms with Crippen LogP contribution in [0.1, 0.15) is 0 Å².